The second-order valence-corrected chi connectivity index (χ2v) is 4.22. The number of carboxylic acids is 1. The van der Waals surface area contributed by atoms with Gasteiger partial charge in [-0.2, -0.15) is 13.2 Å². The van der Waals surface area contributed by atoms with Crippen molar-refractivity contribution < 1.29 is 23.1 Å². The van der Waals surface area contributed by atoms with Crippen LogP contribution in [0.25, 0.3) is 11.0 Å². The summed E-state index contributed by atoms with van der Waals surface area (Å²) in [6, 6.07) is 4.73. The van der Waals surface area contributed by atoms with Crippen LogP contribution in [0.5, 0.6) is 0 Å². The third-order valence-corrected chi connectivity index (χ3v) is 2.71. The molecule has 0 spiro atoms. The molecule has 19 heavy (non-hydrogen) atoms. The van der Waals surface area contributed by atoms with E-state index < -0.39 is 18.0 Å². The van der Waals surface area contributed by atoms with Crippen molar-refractivity contribution >= 4 is 17.0 Å². The molecular weight excluding hydrogens is 261 g/mol. The second kappa shape index (κ2) is 4.56. The number of aryl methyl sites for hydroxylation is 2. The van der Waals surface area contributed by atoms with E-state index in [1.54, 1.807) is 19.1 Å². The fourth-order valence-corrected chi connectivity index (χ4v) is 1.88. The van der Waals surface area contributed by atoms with Crippen molar-refractivity contribution in [1.29, 1.82) is 0 Å². The molecule has 1 heterocycles. The van der Waals surface area contributed by atoms with Crippen LogP contribution < -0.4 is 0 Å². The lowest BCUT2D eigenvalue weighted by Crippen LogP contribution is -2.16. The summed E-state index contributed by atoms with van der Waals surface area (Å²) in [5, 5.41) is 8.62. The average molecular weight is 272 g/mol. The lowest BCUT2D eigenvalue weighted by atomic mass is 10.2. The standard InChI is InChI=1S/C12H11F3N2O2/c1-7-2-3-8-9(6-7)17(5-4-10(18)19)11(16-8)12(13,14)15/h2-3,6H,4-5H2,1H3,(H,18,19). The highest BCUT2D eigenvalue weighted by atomic mass is 19.4. The van der Waals surface area contributed by atoms with Crippen LogP contribution in [0.4, 0.5) is 13.2 Å². The molecule has 0 aliphatic rings. The number of nitrogens with zero attached hydrogens (tertiary/aromatic N) is 2. The maximum atomic E-state index is 12.9. The monoisotopic (exact) mass is 272 g/mol. The lowest BCUT2D eigenvalue weighted by molar-refractivity contribution is -0.148. The van der Waals surface area contributed by atoms with Gasteiger partial charge in [0.15, 0.2) is 0 Å². The van der Waals surface area contributed by atoms with Gasteiger partial charge < -0.3 is 9.67 Å². The Morgan fingerprint density at radius 3 is 2.68 bits per heavy atom. The van der Waals surface area contributed by atoms with Gasteiger partial charge in [-0.25, -0.2) is 4.98 Å². The smallest absolute Gasteiger partial charge is 0.449 e. The minimum absolute atomic E-state index is 0.211. The Hall–Kier alpha value is -2.05. The number of imidazole rings is 1. The summed E-state index contributed by atoms with van der Waals surface area (Å²) in [5.41, 5.74) is 1.30. The van der Waals surface area contributed by atoms with Crippen LogP contribution in [0.2, 0.25) is 0 Å². The number of fused-ring (bicyclic) bond motifs is 1. The summed E-state index contributed by atoms with van der Waals surface area (Å²) < 4.78 is 39.6. The van der Waals surface area contributed by atoms with Crippen LogP contribution in [0.1, 0.15) is 17.8 Å². The van der Waals surface area contributed by atoms with Crippen molar-refractivity contribution in [2.45, 2.75) is 26.1 Å². The van der Waals surface area contributed by atoms with Crippen LogP contribution >= 0.6 is 0 Å². The Morgan fingerprint density at radius 2 is 2.11 bits per heavy atom. The molecule has 0 aliphatic heterocycles. The molecule has 2 rings (SSSR count). The zero-order valence-electron chi connectivity index (χ0n) is 10.0. The number of carbonyl (C=O) groups is 1. The molecule has 1 N–H and O–H groups in total. The first-order valence-corrected chi connectivity index (χ1v) is 5.55. The highest BCUT2D eigenvalue weighted by Crippen LogP contribution is 2.31. The highest BCUT2D eigenvalue weighted by Gasteiger charge is 2.37. The van der Waals surface area contributed by atoms with E-state index in [2.05, 4.69) is 4.98 Å². The minimum Gasteiger partial charge on any atom is -0.481 e. The Labute approximate surface area is 106 Å². The minimum atomic E-state index is -4.61. The van der Waals surface area contributed by atoms with Gasteiger partial charge in [0.25, 0.3) is 0 Å². The first-order chi connectivity index (χ1) is 8.79. The van der Waals surface area contributed by atoms with Crippen molar-refractivity contribution in [3.05, 3.63) is 29.6 Å². The van der Waals surface area contributed by atoms with Crippen LogP contribution in [0, 0.1) is 6.92 Å². The summed E-state index contributed by atoms with van der Waals surface area (Å²) in [6.45, 7) is 1.49. The Morgan fingerprint density at radius 1 is 1.42 bits per heavy atom. The summed E-state index contributed by atoms with van der Waals surface area (Å²) in [7, 11) is 0. The van der Waals surface area contributed by atoms with Crippen molar-refractivity contribution in [2.75, 3.05) is 0 Å². The van der Waals surface area contributed by atoms with Crippen molar-refractivity contribution in [1.82, 2.24) is 9.55 Å². The largest absolute Gasteiger partial charge is 0.481 e. The topological polar surface area (TPSA) is 55.1 Å². The highest BCUT2D eigenvalue weighted by molar-refractivity contribution is 5.77. The SMILES string of the molecule is Cc1ccc2nc(C(F)(F)F)n(CCC(=O)O)c2c1. The molecule has 0 bridgehead atoms. The number of alkyl halides is 3. The van der Waals surface area contributed by atoms with Crippen LogP contribution in [-0.4, -0.2) is 20.6 Å². The molecule has 1 aromatic carbocycles. The fourth-order valence-electron chi connectivity index (χ4n) is 1.88. The third-order valence-electron chi connectivity index (χ3n) is 2.71. The summed E-state index contributed by atoms with van der Waals surface area (Å²) >= 11 is 0. The maximum Gasteiger partial charge on any atom is 0.449 e. The normalized spacial score (nSPS) is 12.0. The molecular formula is C12H11F3N2O2. The Kier molecular flexibility index (Phi) is 3.21. The molecule has 0 amide bonds. The number of hydrogen-bond acceptors (Lipinski definition) is 2. The summed E-state index contributed by atoms with van der Waals surface area (Å²) in [4.78, 5) is 14.1. The van der Waals surface area contributed by atoms with Gasteiger partial charge in [0.05, 0.1) is 17.5 Å². The van der Waals surface area contributed by atoms with Gasteiger partial charge in [-0.05, 0) is 24.6 Å². The van der Waals surface area contributed by atoms with Gasteiger partial charge >= 0.3 is 12.1 Å². The van der Waals surface area contributed by atoms with E-state index in [0.717, 1.165) is 10.1 Å². The lowest BCUT2D eigenvalue weighted by Gasteiger charge is -2.10. The number of benzene rings is 1. The first-order valence-electron chi connectivity index (χ1n) is 5.55. The molecule has 0 atom stereocenters. The predicted molar refractivity (Wildman–Crippen MR) is 61.7 cm³/mol. The molecule has 0 fully saturated rings. The number of rotatable bonds is 3. The quantitative estimate of drug-likeness (QED) is 0.934. The van der Waals surface area contributed by atoms with Crippen molar-refractivity contribution in [3.8, 4) is 0 Å². The summed E-state index contributed by atoms with van der Waals surface area (Å²) in [5.74, 6) is -2.21. The third kappa shape index (κ3) is 2.69. The van der Waals surface area contributed by atoms with Crippen LogP contribution in [-0.2, 0) is 17.5 Å². The van der Waals surface area contributed by atoms with E-state index in [-0.39, 0.29) is 18.5 Å². The Bertz CT molecular complexity index is 632. The zero-order valence-corrected chi connectivity index (χ0v) is 10.0. The Balaban J connectivity index is 2.59. The van der Waals surface area contributed by atoms with E-state index in [0.29, 0.717) is 5.52 Å². The van der Waals surface area contributed by atoms with Gasteiger partial charge in [-0.1, -0.05) is 6.07 Å². The molecule has 4 nitrogen and oxygen atoms in total. The molecule has 0 saturated heterocycles. The number of hydrogen-bond donors (Lipinski definition) is 1. The van der Waals surface area contributed by atoms with Gasteiger partial charge in [0.2, 0.25) is 5.82 Å². The molecule has 102 valence electrons. The van der Waals surface area contributed by atoms with E-state index >= 15 is 0 Å². The molecule has 0 radical (unpaired) electrons. The predicted octanol–water partition coefficient (Wildman–Crippen LogP) is 2.84. The number of carboxylic acid groups (broad SMARTS) is 1. The van der Waals surface area contributed by atoms with Gasteiger partial charge in [0, 0.05) is 6.54 Å². The van der Waals surface area contributed by atoms with Crippen molar-refractivity contribution in [3.63, 3.8) is 0 Å². The molecule has 0 aliphatic carbocycles. The molecule has 0 saturated carbocycles. The number of aromatic nitrogens is 2. The number of halogens is 3. The average Bonchev–Trinajstić information content (AvgIpc) is 2.64. The fraction of sp³-hybridized carbons (Fsp3) is 0.333. The van der Waals surface area contributed by atoms with Gasteiger partial charge in [-0.15, -0.1) is 0 Å². The van der Waals surface area contributed by atoms with Crippen LogP contribution in [0.3, 0.4) is 0 Å². The van der Waals surface area contributed by atoms with E-state index in [4.69, 9.17) is 5.11 Å². The van der Waals surface area contributed by atoms with Gasteiger partial charge in [-0.3, -0.25) is 4.79 Å². The van der Waals surface area contributed by atoms with Crippen LogP contribution in [0.15, 0.2) is 18.2 Å². The molecule has 1 aromatic heterocycles. The molecule has 2 aromatic rings. The van der Waals surface area contributed by atoms with E-state index in [9.17, 15) is 18.0 Å². The molecule has 0 unspecified atom stereocenters. The first kappa shape index (κ1) is 13.4. The van der Waals surface area contributed by atoms with E-state index in [1.807, 2.05) is 0 Å². The van der Waals surface area contributed by atoms with E-state index in [1.165, 1.54) is 6.07 Å². The van der Waals surface area contributed by atoms with Gasteiger partial charge in [0.1, 0.15) is 0 Å². The maximum absolute atomic E-state index is 12.9. The zero-order chi connectivity index (χ0) is 14.2. The number of aliphatic carboxylic acids is 1. The summed E-state index contributed by atoms with van der Waals surface area (Å²) in [6.07, 6.45) is -4.99. The molecule has 7 heteroatoms. The van der Waals surface area contributed by atoms with Crippen molar-refractivity contribution in [2.24, 2.45) is 0 Å². The second-order valence-electron chi connectivity index (χ2n) is 4.22.